The molecule has 38 heavy (non-hydrogen) atoms. The molecule has 2 atom stereocenters. The Morgan fingerprint density at radius 1 is 1.05 bits per heavy atom. The number of carboxylic acid groups (broad SMARTS) is 1. The maximum atomic E-state index is 12.0. The molecule has 1 fully saturated rings. The van der Waals surface area contributed by atoms with Gasteiger partial charge in [0.1, 0.15) is 0 Å². The number of para-hydroxylation sites is 2. The molecule has 0 amide bonds. The molecule has 0 aliphatic carbocycles. The minimum absolute atomic E-state index is 0.0916. The number of nitrogens with zero attached hydrogens (tertiary/aromatic N) is 3. The second-order valence-electron chi connectivity index (χ2n) is 9.45. The van der Waals surface area contributed by atoms with E-state index in [1.54, 1.807) is 18.3 Å². The fraction of sp³-hybridized carbons (Fsp3) is 0.233. The van der Waals surface area contributed by atoms with Crippen LogP contribution in [0.1, 0.15) is 51.5 Å². The lowest BCUT2D eigenvalue weighted by Crippen LogP contribution is -2.31. The van der Waals surface area contributed by atoms with Crippen molar-refractivity contribution in [3.63, 3.8) is 0 Å². The van der Waals surface area contributed by atoms with Crippen LogP contribution in [0.25, 0.3) is 5.69 Å². The van der Waals surface area contributed by atoms with E-state index in [1.165, 1.54) is 0 Å². The monoisotopic (exact) mass is 525 g/mol. The molecule has 8 heteroatoms. The number of aromatic carboxylic acids is 1. The average Bonchev–Trinajstić information content (AvgIpc) is 3.41. The lowest BCUT2D eigenvalue weighted by atomic mass is 9.96. The summed E-state index contributed by atoms with van der Waals surface area (Å²) < 4.78 is 2.03. The standard InChI is InChI=1S/C30H31N5O2S/c1-20-19-24(21(2)35(20)26-15-7-6-13-23(26)29(36)37)28-27(25-14-8-9-16-32-25)33-30(38)34(28)18-10-17-31-22-11-4-3-5-12-22/h3-9,11-16,19,27-28,31H,10,17-18H2,1-2H3,(H,33,38)(H,36,37)/t27-,28+/m0/s1. The van der Waals surface area contributed by atoms with Crippen LogP contribution < -0.4 is 10.6 Å². The normalized spacial score (nSPS) is 16.9. The summed E-state index contributed by atoms with van der Waals surface area (Å²) in [7, 11) is 0. The van der Waals surface area contributed by atoms with Crippen LogP contribution in [0.3, 0.4) is 0 Å². The third-order valence-corrected chi connectivity index (χ3v) is 7.39. The second kappa shape index (κ2) is 11.1. The van der Waals surface area contributed by atoms with Gasteiger partial charge in [-0.3, -0.25) is 4.98 Å². The fourth-order valence-electron chi connectivity index (χ4n) is 5.33. The zero-order chi connectivity index (χ0) is 26.6. The Bertz CT molecular complexity index is 1440. The van der Waals surface area contributed by atoms with Crippen LogP contribution in [-0.2, 0) is 0 Å². The topological polar surface area (TPSA) is 82.4 Å². The van der Waals surface area contributed by atoms with Gasteiger partial charge in [0.25, 0.3) is 0 Å². The van der Waals surface area contributed by atoms with Gasteiger partial charge in [-0.15, -0.1) is 0 Å². The number of aromatic nitrogens is 2. The van der Waals surface area contributed by atoms with Crippen LogP contribution >= 0.6 is 12.2 Å². The van der Waals surface area contributed by atoms with Crippen molar-refractivity contribution in [2.24, 2.45) is 0 Å². The highest BCUT2D eigenvalue weighted by atomic mass is 32.1. The SMILES string of the molecule is Cc1cc([C@@H]2[C@H](c3ccccn3)NC(=S)N2CCCNc2ccccc2)c(C)n1-c1ccccc1C(=O)O. The van der Waals surface area contributed by atoms with Gasteiger partial charge in [-0.25, -0.2) is 4.79 Å². The number of benzene rings is 2. The van der Waals surface area contributed by atoms with E-state index < -0.39 is 5.97 Å². The van der Waals surface area contributed by atoms with Crippen molar-refractivity contribution in [2.45, 2.75) is 32.4 Å². The summed E-state index contributed by atoms with van der Waals surface area (Å²) >= 11 is 5.85. The number of nitrogens with one attached hydrogen (secondary N) is 2. The van der Waals surface area contributed by atoms with Gasteiger partial charge >= 0.3 is 5.97 Å². The number of hydrogen-bond donors (Lipinski definition) is 3. The van der Waals surface area contributed by atoms with Crippen molar-refractivity contribution in [2.75, 3.05) is 18.4 Å². The van der Waals surface area contributed by atoms with Gasteiger partial charge in [-0.05, 0) is 80.5 Å². The predicted octanol–water partition coefficient (Wildman–Crippen LogP) is 5.66. The Labute approximate surface area is 228 Å². The molecule has 0 unspecified atom stereocenters. The molecule has 5 rings (SSSR count). The predicted molar refractivity (Wildman–Crippen MR) is 154 cm³/mol. The van der Waals surface area contributed by atoms with Crippen LogP contribution in [-0.4, -0.2) is 43.7 Å². The molecule has 2 aromatic heterocycles. The zero-order valence-electron chi connectivity index (χ0n) is 21.5. The number of hydrogen-bond acceptors (Lipinski definition) is 4. The maximum absolute atomic E-state index is 12.0. The average molecular weight is 526 g/mol. The molecule has 0 saturated carbocycles. The van der Waals surface area contributed by atoms with E-state index in [-0.39, 0.29) is 17.6 Å². The highest BCUT2D eigenvalue weighted by Gasteiger charge is 2.41. The van der Waals surface area contributed by atoms with Gasteiger partial charge in [0.2, 0.25) is 0 Å². The van der Waals surface area contributed by atoms with Gasteiger partial charge in [0.15, 0.2) is 5.11 Å². The van der Waals surface area contributed by atoms with Gasteiger partial charge in [-0.2, -0.15) is 0 Å². The van der Waals surface area contributed by atoms with E-state index in [1.807, 2.05) is 66.9 Å². The summed E-state index contributed by atoms with van der Waals surface area (Å²) in [5.74, 6) is -0.947. The Balaban J connectivity index is 1.49. The van der Waals surface area contributed by atoms with Crippen molar-refractivity contribution in [1.29, 1.82) is 0 Å². The summed E-state index contributed by atoms with van der Waals surface area (Å²) in [5, 5.41) is 17.5. The molecular formula is C30H31N5O2S. The van der Waals surface area contributed by atoms with E-state index in [4.69, 9.17) is 12.2 Å². The van der Waals surface area contributed by atoms with Gasteiger partial charge in [-0.1, -0.05) is 36.4 Å². The number of carbonyl (C=O) groups is 1. The van der Waals surface area contributed by atoms with E-state index >= 15 is 0 Å². The van der Waals surface area contributed by atoms with Gasteiger partial charge < -0.3 is 25.2 Å². The molecule has 0 spiro atoms. The largest absolute Gasteiger partial charge is 0.478 e. The summed E-state index contributed by atoms with van der Waals surface area (Å²) in [6.07, 6.45) is 2.69. The highest BCUT2D eigenvalue weighted by Crippen LogP contribution is 2.41. The molecule has 1 saturated heterocycles. The van der Waals surface area contributed by atoms with Crippen molar-refractivity contribution in [1.82, 2.24) is 19.8 Å². The highest BCUT2D eigenvalue weighted by molar-refractivity contribution is 7.80. The fourth-order valence-corrected chi connectivity index (χ4v) is 5.66. The quantitative estimate of drug-likeness (QED) is 0.192. The molecule has 1 aliphatic rings. The minimum Gasteiger partial charge on any atom is -0.478 e. The van der Waals surface area contributed by atoms with E-state index in [2.05, 4.69) is 38.7 Å². The molecule has 3 N–H and O–H groups in total. The maximum Gasteiger partial charge on any atom is 0.337 e. The Hall–Kier alpha value is -4.17. The van der Waals surface area contributed by atoms with E-state index in [0.29, 0.717) is 10.8 Å². The van der Waals surface area contributed by atoms with Gasteiger partial charge in [0, 0.05) is 36.4 Å². The Morgan fingerprint density at radius 3 is 2.53 bits per heavy atom. The summed E-state index contributed by atoms with van der Waals surface area (Å²) in [6.45, 7) is 5.64. The summed E-state index contributed by atoms with van der Waals surface area (Å²) in [4.78, 5) is 18.9. The smallest absolute Gasteiger partial charge is 0.337 e. The molecule has 2 aromatic carbocycles. The number of rotatable bonds is 9. The van der Waals surface area contributed by atoms with Crippen LogP contribution in [0, 0.1) is 13.8 Å². The first-order valence-corrected chi connectivity index (χ1v) is 13.1. The van der Waals surface area contributed by atoms with Crippen molar-refractivity contribution in [3.8, 4) is 5.69 Å². The summed E-state index contributed by atoms with van der Waals surface area (Å²) in [6, 6.07) is 25.1. The molecule has 1 aliphatic heterocycles. The van der Waals surface area contributed by atoms with Crippen molar-refractivity contribution < 1.29 is 9.90 Å². The van der Waals surface area contributed by atoms with E-state index in [0.717, 1.165) is 47.8 Å². The molecule has 194 valence electrons. The van der Waals surface area contributed by atoms with Crippen LogP contribution in [0.5, 0.6) is 0 Å². The van der Waals surface area contributed by atoms with Crippen molar-refractivity contribution >= 4 is 29.0 Å². The summed E-state index contributed by atoms with van der Waals surface area (Å²) in [5.41, 5.74) is 5.99. The first kappa shape index (κ1) is 25.5. The number of thiocarbonyl (C=S) groups is 1. The van der Waals surface area contributed by atoms with Gasteiger partial charge in [0.05, 0.1) is 29.0 Å². The molecule has 3 heterocycles. The molecule has 0 bridgehead atoms. The molecule has 4 aromatic rings. The molecule has 7 nitrogen and oxygen atoms in total. The number of pyridine rings is 1. The zero-order valence-corrected chi connectivity index (χ0v) is 22.3. The van der Waals surface area contributed by atoms with E-state index in [9.17, 15) is 9.90 Å². The lowest BCUT2D eigenvalue weighted by molar-refractivity contribution is 0.0697. The second-order valence-corrected chi connectivity index (χ2v) is 9.84. The van der Waals surface area contributed by atoms with Crippen molar-refractivity contribution in [3.05, 3.63) is 113 Å². The first-order valence-electron chi connectivity index (χ1n) is 12.7. The third-order valence-electron chi connectivity index (χ3n) is 7.04. The third kappa shape index (κ3) is 4.99. The molecular weight excluding hydrogens is 494 g/mol. The number of anilines is 1. The minimum atomic E-state index is -0.947. The Kier molecular flexibility index (Phi) is 7.42. The lowest BCUT2D eigenvalue weighted by Gasteiger charge is -2.28. The first-order chi connectivity index (χ1) is 18.5. The number of aryl methyl sites for hydroxylation is 1. The van der Waals surface area contributed by atoms with Crippen LogP contribution in [0.15, 0.2) is 85.1 Å². The Morgan fingerprint density at radius 2 is 1.79 bits per heavy atom. The van der Waals surface area contributed by atoms with Crippen LogP contribution in [0.4, 0.5) is 5.69 Å². The molecule has 0 radical (unpaired) electrons. The van der Waals surface area contributed by atoms with Crippen LogP contribution in [0.2, 0.25) is 0 Å². The number of carboxylic acids is 1.